The highest BCUT2D eigenvalue weighted by Crippen LogP contribution is 2.42. The van der Waals surface area contributed by atoms with Crippen LogP contribution in [0.25, 0.3) is 0 Å². The van der Waals surface area contributed by atoms with E-state index < -0.39 is 0 Å². The lowest BCUT2D eigenvalue weighted by atomic mass is 10.1. The van der Waals surface area contributed by atoms with E-state index in [0.717, 1.165) is 28.9 Å². The molecule has 0 N–H and O–H groups in total. The Hall–Kier alpha value is -2.45. The van der Waals surface area contributed by atoms with Crippen LogP contribution in [0, 0.1) is 26.2 Å². The van der Waals surface area contributed by atoms with E-state index in [1.165, 1.54) is 4.90 Å². The van der Waals surface area contributed by atoms with E-state index >= 15 is 0 Å². The van der Waals surface area contributed by atoms with Crippen molar-refractivity contribution in [2.45, 2.75) is 26.7 Å². The highest BCUT2D eigenvalue weighted by Gasteiger charge is 2.43. The number of hydrogen-bond acceptors (Lipinski definition) is 3. The predicted octanol–water partition coefficient (Wildman–Crippen LogP) is 3.42. The zero-order valence-corrected chi connectivity index (χ0v) is 14.3. The molecular formula is C18H17ClN2O3. The standard InChI is InChI=1S/C18H17ClN2O3/c1-4-9-24-16-12(3)11(2)10-14(15(16)19)21-17(22)13-7-5-6-8-20(13)18(21)23/h1,7,10H,5-6,8-9H2,2-3H3. The van der Waals surface area contributed by atoms with Crippen molar-refractivity contribution in [3.63, 3.8) is 0 Å². The number of aryl methyl sites for hydroxylation is 1. The van der Waals surface area contributed by atoms with Gasteiger partial charge in [0.15, 0.2) is 0 Å². The van der Waals surface area contributed by atoms with Crippen molar-refractivity contribution in [2.24, 2.45) is 0 Å². The van der Waals surface area contributed by atoms with Crippen LogP contribution in [-0.4, -0.2) is 30.0 Å². The van der Waals surface area contributed by atoms with Crippen LogP contribution in [-0.2, 0) is 4.79 Å². The van der Waals surface area contributed by atoms with Gasteiger partial charge in [0.25, 0.3) is 5.91 Å². The van der Waals surface area contributed by atoms with Crippen LogP contribution in [0.4, 0.5) is 10.5 Å². The summed E-state index contributed by atoms with van der Waals surface area (Å²) in [5.41, 5.74) is 2.44. The molecule has 0 aliphatic carbocycles. The van der Waals surface area contributed by atoms with Crippen molar-refractivity contribution in [2.75, 3.05) is 18.1 Å². The smallest absolute Gasteiger partial charge is 0.336 e. The maximum Gasteiger partial charge on any atom is 0.336 e. The number of rotatable bonds is 3. The van der Waals surface area contributed by atoms with Crippen LogP contribution in [0.1, 0.15) is 24.0 Å². The van der Waals surface area contributed by atoms with Gasteiger partial charge in [-0.1, -0.05) is 23.6 Å². The summed E-state index contributed by atoms with van der Waals surface area (Å²) in [4.78, 5) is 28.0. The van der Waals surface area contributed by atoms with E-state index in [9.17, 15) is 9.59 Å². The van der Waals surface area contributed by atoms with Gasteiger partial charge in [0.1, 0.15) is 23.1 Å². The monoisotopic (exact) mass is 344 g/mol. The Kier molecular flexibility index (Phi) is 4.25. The van der Waals surface area contributed by atoms with Crippen LogP contribution in [0.15, 0.2) is 17.8 Å². The molecule has 0 bridgehead atoms. The van der Waals surface area contributed by atoms with Gasteiger partial charge in [0.05, 0.1) is 5.69 Å². The number of urea groups is 1. The molecule has 1 fully saturated rings. The van der Waals surface area contributed by atoms with Gasteiger partial charge in [-0.2, -0.15) is 0 Å². The Balaban J connectivity index is 2.10. The summed E-state index contributed by atoms with van der Waals surface area (Å²) in [5, 5.41) is 0.218. The van der Waals surface area contributed by atoms with E-state index in [2.05, 4.69) is 5.92 Å². The normalized spacial score (nSPS) is 16.8. The van der Waals surface area contributed by atoms with E-state index in [1.807, 2.05) is 13.8 Å². The summed E-state index contributed by atoms with van der Waals surface area (Å²) in [6.07, 6.45) is 8.68. The number of fused-ring (bicyclic) bond motifs is 1. The minimum atomic E-state index is -0.376. The first kappa shape index (κ1) is 16.4. The summed E-state index contributed by atoms with van der Waals surface area (Å²) in [7, 11) is 0. The average molecular weight is 345 g/mol. The third-order valence-corrected chi connectivity index (χ3v) is 4.67. The maximum atomic E-state index is 12.7. The molecule has 124 valence electrons. The molecule has 1 saturated heterocycles. The first-order valence-electron chi connectivity index (χ1n) is 7.69. The molecule has 2 heterocycles. The van der Waals surface area contributed by atoms with Gasteiger partial charge in [0.2, 0.25) is 0 Å². The molecule has 6 heteroatoms. The molecule has 0 aromatic heterocycles. The molecule has 0 atom stereocenters. The van der Waals surface area contributed by atoms with Gasteiger partial charge in [-0.15, -0.1) is 6.42 Å². The predicted molar refractivity (Wildman–Crippen MR) is 92.2 cm³/mol. The molecule has 3 rings (SSSR count). The van der Waals surface area contributed by atoms with Crippen LogP contribution in [0.5, 0.6) is 5.75 Å². The van der Waals surface area contributed by atoms with Crippen LogP contribution < -0.4 is 9.64 Å². The Labute approximate surface area is 145 Å². The van der Waals surface area contributed by atoms with E-state index in [4.69, 9.17) is 22.8 Å². The molecule has 0 radical (unpaired) electrons. The van der Waals surface area contributed by atoms with Gasteiger partial charge >= 0.3 is 6.03 Å². The molecule has 0 unspecified atom stereocenters. The third kappa shape index (κ3) is 2.44. The summed E-state index contributed by atoms with van der Waals surface area (Å²) in [6, 6.07) is 1.36. The number of imide groups is 1. The zero-order valence-electron chi connectivity index (χ0n) is 13.6. The Morgan fingerprint density at radius 3 is 2.79 bits per heavy atom. The van der Waals surface area contributed by atoms with Crippen molar-refractivity contribution < 1.29 is 14.3 Å². The molecule has 5 nitrogen and oxygen atoms in total. The molecule has 24 heavy (non-hydrogen) atoms. The highest BCUT2D eigenvalue weighted by molar-refractivity contribution is 6.38. The number of carbonyl (C=O) groups excluding carboxylic acids is 2. The van der Waals surface area contributed by atoms with Crippen molar-refractivity contribution in [3.8, 4) is 18.1 Å². The lowest BCUT2D eigenvalue weighted by Gasteiger charge is -2.21. The van der Waals surface area contributed by atoms with Crippen molar-refractivity contribution in [1.82, 2.24) is 4.90 Å². The van der Waals surface area contributed by atoms with E-state index in [-0.39, 0.29) is 23.6 Å². The topological polar surface area (TPSA) is 49.9 Å². The number of amides is 3. The largest absolute Gasteiger partial charge is 0.479 e. The fraction of sp³-hybridized carbons (Fsp3) is 0.333. The first-order valence-corrected chi connectivity index (χ1v) is 8.07. The summed E-state index contributed by atoms with van der Waals surface area (Å²) < 4.78 is 5.54. The number of terminal acetylenes is 1. The lowest BCUT2D eigenvalue weighted by molar-refractivity contribution is -0.114. The van der Waals surface area contributed by atoms with Crippen molar-refractivity contribution in [1.29, 1.82) is 0 Å². The molecule has 0 spiro atoms. The fourth-order valence-electron chi connectivity index (χ4n) is 2.94. The highest BCUT2D eigenvalue weighted by atomic mass is 35.5. The van der Waals surface area contributed by atoms with Gasteiger partial charge < -0.3 is 4.74 Å². The second kappa shape index (κ2) is 6.21. The van der Waals surface area contributed by atoms with Gasteiger partial charge in [-0.3, -0.25) is 9.69 Å². The maximum absolute atomic E-state index is 12.7. The number of halogens is 1. The molecule has 2 aliphatic rings. The second-order valence-electron chi connectivity index (χ2n) is 5.78. The van der Waals surface area contributed by atoms with Crippen LogP contribution in [0.2, 0.25) is 5.02 Å². The van der Waals surface area contributed by atoms with E-state index in [1.54, 1.807) is 12.1 Å². The molecule has 1 aromatic carbocycles. The minimum absolute atomic E-state index is 0.0582. The summed E-state index contributed by atoms with van der Waals surface area (Å²) in [6.45, 7) is 4.32. The number of anilines is 1. The summed E-state index contributed by atoms with van der Waals surface area (Å²) in [5.74, 6) is 2.44. The Morgan fingerprint density at radius 2 is 2.12 bits per heavy atom. The van der Waals surface area contributed by atoms with E-state index in [0.29, 0.717) is 23.7 Å². The number of hydrogen-bond donors (Lipinski definition) is 0. The fourth-order valence-corrected chi connectivity index (χ4v) is 3.28. The molecule has 3 amide bonds. The van der Waals surface area contributed by atoms with Gasteiger partial charge in [-0.05, 0) is 43.9 Å². The quantitative estimate of drug-likeness (QED) is 0.623. The Bertz CT molecular complexity index is 807. The first-order chi connectivity index (χ1) is 11.5. The lowest BCUT2D eigenvalue weighted by Crippen LogP contribution is -2.34. The average Bonchev–Trinajstić information content (AvgIpc) is 2.83. The number of benzene rings is 1. The number of carbonyl (C=O) groups is 2. The Morgan fingerprint density at radius 1 is 1.38 bits per heavy atom. The number of nitrogens with zero attached hydrogens (tertiary/aromatic N) is 2. The molecule has 0 saturated carbocycles. The van der Waals surface area contributed by atoms with Gasteiger partial charge in [0, 0.05) is 6.54 Å². The number of allylic oxidation sites excluding steroid dienone is 1. The second-order valence-corrected chi connectivity index (χ2v) is 6.16. The van der Waals surface area contributed by atoms with Crippen LogP contribution >= 0.6 is 11.6 Å². The molecule has 1 aromatic rings. The third-order valence-electron chi connectivity index (χ3n) is 4.31. The molecule has 2 aliphatic heterocycles. The SMILES string of the molecule is C#CCOc1c(C)c(C)cc(N2C(=O)C3=CCCCN3C2=O)c1Cl. The van der Waals surface area contributed by atoms with Crippen molar-refractivity contribution in [3.05, 3.63) is 34.0 Å². The minimum Gasteiger partial charge on any atom is -0.479 e. The number of ether oxygens (including phenoxy) is 1. The van der Waals surface area contributed by atoms with Gasteiger partial charge in [-0.25, -0.2) is 9.69 Å². The summed E-state index contributed by atoms with van der Waals surface area (Å²) >= 11 is 6.45. The zero-order chi connectivity index (χ0) is 17.4. The van der Waals surface area contributed by atoms with Crippen LogP contribution in [0.3, 0.4) is 0 Å². The van der Waals surface area contributed by atoms with Crippen molar-refractivity contribution >= 4 is 29.2 Å². The molecular weight excluding hydrogens is 328 g/mol.